The highest BCUT2D eigenvalue weighted by molar-refractivity contribution is 6.21. The number of nitrogens with zero attached hydrogens (tertiary/aromatic N) is 3. The summed E-state index contributed by atoms with van der Waals surface area (Å²) in [5, 5.41) is 25.6. The smallest absolute Gasteiger partial charge is 0.312 e. The SMILES string of the molecule is CC1=C/C(=N/OC(=O)c2ccc([N+](=O)[O-])cc2[N+](=O)[O-])C(C(C)C)=CC1=O. The summed E-state index contributed by atoms with van der Waals surface area (Å²) in [5.41, 5.74) is -0.566. The van der Waals surface area contributed by atoms with Crippen molar-refractivity contribution in [1.29, 1.82) is 0 Å². The minimum absolute atomic E-state index is 0.0792. The predicted molar refractivity (Wildman–Crippen MR) is 94.3 cm³/mol. The number of rotatable bonds is 5. The lowest BCUT2D eigenvalue weighted by Crippen LogP contribution is -2.17. The minimum atomic E-state index is -1.14. The number of benzene rings is 1. The highest BCUT2D eigenvalue weighted by atomic mass is 16.7. The number of carbonyl (C=O) groups excluding carboxylic acids is 2. The summed E-state index contributed by atoms with van der Waals surface area (Å²) in [6.45, 7) is 5.23. The van der Waals surface area contributed by atoms with Crippen LogP contribution in [0, 0.1) is 26.1 Å². The number of carbonyl (C=O) groups is 2. The van der Waals surface area contributed by atoms with E-state index in [0.29, 0.717) is 17.2 Å². The van der Waals surface area contributed by atoms with E-state index in [1.54, 1.807) is 6.92 Å². The van der Waals surface area contributed by atoms with Crippen molar-refractivity contribution in [2.45, 2.75) is 20.8 Å². The Kier molecular flexibility index (Phi) is 5.59. The summed E-state index contributed by atoms with van der Waals surface area (Å²) in [4.78, 5) is 48.9. The fourth-order valence-corrected chi connectivity index (χ4v) is 2.33. The van der Waals surface area contributed by atoms with Crippen molar-refractivity contribution < 1.29 is 24.3 Å². The first-order valence-electron chi connectivity index (χ1n) is 7.78. The molecule has 0 saturated carbocycles. The van der Waals surface area contributed by atoms with Crippen LogP contribution in [0.5, 0.6) is 0 Å². The molecule has 1 aromatic rings. The van der Waals surface area contributed by atoms with Crippen LogP contribution in [0.4, 0.5) is 11.4 Å². The predicted octanol–water partition coefficient (Wildman–Crippen LogP) is 3.13. The Morgan fingerprint density at radius 2 is 1.81 bits per heavy atom. The Morgan fingerprint density at radius 1 is 1.15 bits per heavy atom. The first-order valence-corrected chi connectivity index (χ1v) is 7.78. The molecular formula is C17H15N3O7. The second-order valence-corrected chi connectivity index (χ2v) is 6.02. The number of nitro benzene ring substituents is 2. The van der Waals surface area contributed by atoms with Crippen LogP contribution in [0.2, 0.25) is 0 Å². The van der Waals surface area contributed by atoms with Gasteiger partial charge < -0.3 is 4.84 Å². The van der Waals surface area contributed by atoms with Gasteiger partial charge in [0.15, 0.2) is 5.78 Å². The highest BCUT2D eigenvalue weighted by Gasteiger charge is 2.26. The quantitative estimate of drug-likeness (QED) is 0.334. The first-order chi connectivity index (χ1) is 12.6. The molecule has 0 saturated heterocycles. The van der Waals surface area contributed by atoms with E-state index in [9.17, 15) is 29.8 Å². The molecule has 10 nitrogen and oxygen atoms in total. The largest absolute Gasteiger partial charge is 0.372 e. The third kappa shape index (κ3) is 4.29. The summed E-state index contributed by atoms with van der Waals surface area (Å²) in [5.74, 6) is -1.41. The zero-order valence-electron chi connectivity index (χ0n) is 14.7. The van der Waals surface area contributed by atoms with Crippen molar-refractivity contribution in [3.05, 3.63) is 67.3 Å². The van der Waals surface area contributed by atoms with Gasteiger partial charge in [0.2, 0.25) is 0 Å². The molecule has 27 heavy (non-hydrogen) atoms. The Balaban J connectivity index is 2.36. The molecule has 140 valence electrons. The monoisotopic (exact) mass is 373 g/mol. The van der Waals surface area contributed by atoms with Gasteiger partial charge in [-0.25, -0.2) is 4.79 Å². The lowest BCUT2D eigenvalue weighted by molar-refractivity contribution is -0.394. The zero-order valence-corrected chi connectivity index (χ0v) is 14.7. The number of allylic oxidation sites excluding steroid dienone is 4. The van der Waals surface area contributed by atoms with Gasteiger partial charge in [-0.05, 0) is 42.2 Å². The second-order valence-electron chi connectivity index (χ2n) is 6.02. The fourth-order valence-electron chi connectivity index (χ4n) is 2.33. The van der Waals surface area contributed by atoms with Crippen molar-refractivity contribution in [1.82, 2.24) is 0 Å². The maximum absolute atomic E-state index is 12.2. The maximum atomic E-state index is 12.2. The molecule has 1 aliphatic rings. The van der Waals surface area contributed by atoms with E-state index >= 15 is 0 Å². The Hall–Kier alpha value is -3.69. The van der Waals surface area contributed by atoms with Gasteiger partial charge in [0.05, 0.1) is 15.9 Å². The van der Waals surface area contributed by atoms with Gasteiger partial charge in [-0.2, -0.15) is 0 Å². The van der Waals surface area contributed by atoms with E-state index in [0.717, 1.165) is 12.1 Å². The summed E-state index contributed by atoms with van der Waals surface area (Å²) in [6.07, 6.45) is 2.84. The molecule has 0 aliphatic heterocycles. The van der Waals surface area contributed by atoms with Gasteiger partial charge in [-0.1, -0.05) is 19.0 Å². The molecule has 10 heteroatoms. The average Bonchev–Trinajstić information content (AvgIpc) is 2.61. The minimum Gasteiger partial charge on any atom is -0.312 e. The van der Waals surface area contributed by atoms with Crippen LogP contribution in [0.3, 0.4) is 0 Å². The van der Waals surface area contributed by atoms with Crippen molar-refractivity contribution in [2.75, 3.05) is 0 Å². The Labute approximate surface area is 153 Å². The standard InChI is InChI=1S/C17H15N3O7/c1-9(2)13-8-16(21)10(3)6-14(13)18-27-17(22)12-5-4-11(19(23)24)7-15(12)20(25)26/h4-9H,1-3H3/b18-14-. The van der Waals surface area contributed by atoms with Crippen molar-refractivity contribution in [3.8, 4) is 0 Å². The molecule has 0 bridgehead atoms. The van der Waals surface area contributed by atoms with Crippen LogP contribution in [0.25, 0.3) is 0 Å². The topological polar surface area (TPSA) is 142 Å². The molecule has 2 rings (SSSR count). The number of hydrogen-bond acceptors (Lipinski definition) is 8. The van der Waals surface area contributed by atoms with Crippen LogP contribution in [0.15, 0.2) is 46.7 Å². The molecule has 0 radical (unpaired) electrons. The van der Waals surface area contributed by atoms with Gasteiger partial charge in [0.1, 0.15) is 11.3 Å². The van der Waals surface area contributed by atoms with Gasteiger partial charge in [-0.3, -0.25) is 25.0 Å². The van der Waals surface area contributed by atoms with Crippen LogP contribution < -0.4 is 0 Å². The average molecular weight is 373 g/mol. The van der Waals surface area contributed by atoms with Gasteiger partial charge in [-0.15, -0.1) is 0 Å². The van der Waals surface area contributed by atoms with Crippen LogP contribution in [0.1, 0.15) is 31.1 Å². The summed E-state index contributed by atoms with van der Waals surface area (Å²) in [6, 6.07) is 2.56. The van der Waals surface area contributed by atoms with Gasteiger partial charge >= 0.3 is 5.97 Å². The molecule has 0 amide bonds. The van der Waals surface area contributed by atoms with E-state index in [1.807, 2.05) is 13.8 Å². The fraction of sp³-hybridized carbons (Fsp3) is 0.235. The summed E-state index contributed by atoms with van der Waals surface area (Å²) in [7, 11) is 0. The zero-order chi connectivity index (χ0) is 20.3. The normalized spacial score (nSPS) is 15.4. The Morgan fingerprint density at radius 3 is 2.37 bits per heavy atom. The molecule has 0 heterocycles. The van der Waals surface area contributed by atoms with Crippen molar-refractivity contribution in [3.63, 3.8) is 0 Å². The molecule has 0 fully saturated rings. The molecule has 0 atom stereocenters. The van der Waals surface area contributed by atoms with Gasteiger partial charge in [0.25, 0.3) is 11.4 Å². The Bertz CT molecular complexity index is 942. The third-order valence-electron chi connectivity index (χ3n) is 3.78. The molecular weight excluding hydrogens is 358 g/mol. The lowest BCUT2D eigenvalue weighted by Gasteiger charge is -2.15. The lowest BCUT2D eigenvalue weighted by atomic mass is 9.90. The number of non-ortho nitro benzene ring substituents is 1. The summed E-state index contributed by atoms with van der Waals surface area (Å²) < 4.78 is 0. The molecule has 1 aliphatic carbocycles. The summed E-state index contributed by atoms with van der Waals surface area (Å²) >= 11 is 0. The van der Waals surface area contributed by atoms with E-state index in [-0.39, 0.29) is 17.4 Å². The number of oxime groups is 1. The van der Waals surface area contributed by atoms with Crippen LogP contribution in [-0.4, -0.2) is 27.3 Å². The van der Waals surface area contributed by atoms with E-state index in [4.69, 9.17) is 4.84 Å². The maximum Gasteiger partial charge on any atom is 0.372 e. The van der Waals surface area contributed by atoms with Crippen molar-refractivity contribution in [2.24, 2.45) is 11.1 Å². The first kappa shape index (κ1) is 19.6. The molecule has 0 N–H and O–H groups in total. The van der Waals surface area contributed by atoms with Crippen LogP contribution in [-0.2, 0) is 9.63 Å². The second kappa shape index (κ2) is 7.68. The van der Waals surface area contributed by atoms with E-state index < -0.39 is 32.8 Å². The molecule has 0 spiro atoms. The van der Waals surface area contributed by atoms with Crippen molar-refractivity contribution >= 4 is 28.8 Å². The highest BCUT2D eigenvalue weighted by Crippen LogP contribution is 2.26. The van der Waals surface area contributed by atoms with E-state index in [1.165, 1.54) is 12.2 Å². The van der Waals surface area contributed by atoms with E-state index in [2.05, 4.69) is 5.16 Å². The molecule has 0 unspecified atom stereocenters. The molecule has 0 aromatic heterocycles. The van der Waals surface area contributed by atoms with Gasteiger partial charge in [0, 0.05) is 6.07 Å². The number of hydrogen-bond donors (Lipinski definition) is 0. The number of nitro groups is 2. The number of ketones is 1. The third-order valence-corrected chi connectivity index (χ3v) is 3.78. The van der Waals surface area contributed by atoms with Crippen LogP contribution >= 0.6 is 0 Å². The molecule has 1 aromatic carbocycles.